The van der Waals surface area contributed by atoms with Crippen LogP contribution in [0.4, 0.5) is 0 Å². The molecular formula is C16H24O5S. The molecule has 22 heavy (non-hydrogen) atoms. The van der Waals surface area contributed by atoms with Crippen molar-refractivity contribution in [2.24, 2.45) is 0 Å². The van der Waals surface area contributed by atoms with E-state index in [-0.39, 0.29) is 23.9 Å². The summed E-state index contributed by atoms with van der Waals surface area (Å²) in [6.07, 6.45) is 1.26. The summed E-state index contributed by atoms with van der Waals surface area (Å²) in [5, 5.41) is 0. The molecule has 0 atom stereocenters. The first-order chi connectivity index (χ1) is 10.1. The van der Waals surface area contributed by atoms with Crippen LogP contribution in [0.25, 0.3) is 0 Å². The van der Waals surface area contributed by atoms with Gasteiger partial charge in [0.15, 0.2) is 0 Å². The van der Waals surface area contributed by atoms with Crippen molar-refractivity contribution < 1.29 is 22.1 Å². The molecule has 0 saturated heterocycles. The largest absolute Gasteiger partial charge is 0.460 e. The third kappa shape index (κ3) is 7.04. The summed E-state index contributed by atoms with van der Waals surface area (Å²) in [7, 11) is -3.72. The molecule has 0 aromatic heterocycles. The number of carbonyl (C=O) groups is 1. The molecule has 0 aliphatic heterocycles. The first kappa shape index (κ1) is 18.6. The van der Waals surface area contributed by atoms with E-state index in [0.717, 1.165) is 5.56 Å². The number of hydrogen-bond donors (Lipinski definition) is 0. The zero-order valence-electron chi connectivity index (χ0n) is 13.6. The van der Waals surface area contributed by atoms with E-state index in [2.05, 4.69) is 0 Å². The van der Waals surface area contributed by atoms with Gasteiger partial charge >= 0.3 is 5.97 Å². The molecule has 0 aliphatic carbocycles. The molecule has 0 amide bonds. The summed E-state index contributed by atoms with van der Waals surface area (Å²) in [6.45, 7) is 7.36. The number of rotatable bonds is 7. The topological polar surface area (TPSA) is 69.7 Å². The van der Waals surface area contributed by atoms with Crippen LogP contribution in [0.3, 0.4) is 0 Å². The Kier molecular flexibility index (Phi) is 6.56. The van der Waals surface area contributed by atoms with Crippen LogP contribution in [0.5, 0.6) is 0 Å². The van der Waals surface area contributed by atoms with Gasteiger partial charge in [0, 0.05) is 6.42 Å². The maximum atomic E-state index is 11.9. The molecule has 0 N–H and O–H groups in total. The van der Waals surface area contributed by atoms with Crippen LogP contribution in [0.1, 0.15) is 45.6 Å². The van der Waals surface area contributed by atoms with Gasteiger partial charge in [0.1, 0.15) is 5.60 Å². The van der Waals surface area contributed by atoms with Gasteiger partial charge in [-0.05, 0) is 52.7 Å². The van der Waals surface area contributed by atoms with Gasteiger partial charge in [-0.25, -0.2) is 0 Å². The molecule has 0 aliphatic rings. The summed E-state index contributed by atoms with van der Waals surface area (Å²) in [4.78, 5) is 11.6. The van der Waals surface area contributed by atoms with Crippen LogP contribution in [0.2, 0.25) is 0 Å². The van der Waals surface area contributed by atoms with Crippen molar-refractivity contribution in [3.05, 3.63) is 29.8 Å². The summed E-state index contributed by atoms with van der Waals surface area (Å²) >= 11 is 0. The zero-order chi connectivity index (χ0) is 16.8. The lowest BCUT2D eigenvalue weighted by atomic mass is 10.2. The highest BCUT2D eigenvalue weighted by Gasteiger charge is 2.17. The highest BCUT2D eigenvalue weighted by Crippen LogP contribution is 2.14. The summed E-state index contributed by atoms with van der Waals surface area (Å²) < 4.78 is 34.0. The number of unbranched alkanes of at least 4 members (excludes halogenated alkanes) is 1. The Labute approximate surface area is 132 Å². The molecule has 1 aromatic rings. The van der Waals surface area contributed by atoms with E-state index in [4.69, 9.17) is 8.92 Å². The standard InChI is InChI=1S/C16H24O5S/c1-13-8-10-14(11-9-13)22(18,19)20-12-6-5-7-15(17)21-16(2,3)4/h8-11H,5-7,12H2,1-4H3. The Morgan fingerprint density at radius 1 is 1.09 bits per heavy atom. The first-order valence-corrected chi connectivity index (χ1v) is 8.69. The second-order valence-corrected chi connectivity index (χ2v) is 7.75. The van der Waals surface area contributed by atoms with Crippen LogP contribution in [0.15, 0.2) is 29.2 Å². The summed E-state index contributed by atoms with van der Waals surface area (Å²) in [5.41, 5.74) is 0.485. The number of esters is 1. The van der Waals surface area contributed by atoms with E-state index >= 15 is 0 Å². The highest BCUT2D eigenvalue weighted by atomic mass is 32.2. The van der Waals surface area contributed by atoms with Gasteiger partial charge in [0.25, 0.3) is 10.1 Å². The van der Waals surface area contributed by atoms with Crippen molar-refractivity contribution >= 4 is 16.1 Å². The second-order valence-electron chi connectivity index (χ2n) is 6.13. The smallest absolute Gasteiger partial charge is 0.306 e. The van der Waals surface area contributed by atoms with Gasteiger partial charge in [-0.15, -0.1) is 0 Å². The van der Waals surface area contributed by atoms with E-state index in [9.17, 15) is 13.2 Å². The van der Waals surface area contributed by atoms with Gasteiger partial charge in [0.2, 0.25) is 0 Å². The van der Waals surface area contributed by atoms with E-state index in [0.29, 0.717) is 12.8 Å². The third-order valence-electron chi connectivity index (χ3n) is 2.74. The van der Waals surface area contributed by atoms with Crippen molar-refractivity contribution in [2.75, 3.05) is 6.61 Å². The van der Waals surface area contributed by atoms with Crippen LogP contribution in [-0.4, -0.2) is 26.6 Å². The lowest BCUT2D eigenvalue weighted by Crippen LogP contribution is -2.23. The number of ether oxygens (including phenoxy) is 1. The van der Waals surface area contributed by atoms with Crippen molar-refractivity contribution in [1.82, 2.24) is 0 Å². The minimum Gasteiger partial charge on any atom is -0.460 e. The molecule has 1 rings (SSSR count). The summed E-state index contributed by atoms with van der Waals surface area (Å²) in [5.74, 6) is -0.283. The van der Waals surface area contributed by atoms with Crippen LogP contribution < -0.4 is 0 Å². The van der Waals surface area contributed by atoms with Crippen molar-refractivity contribution in [1.29, 1.82) is 0 Å². The molecule has 0 spiro atoms. The number of benzene rings is 1. The Morgan fingerprint density at radius 3 is 2.23 bits per heavy atom. The Bertz CT molecular complexity index is 582. The SMILES string of the molecule is Cc1ccc(S(=O)(=O)OCCCCC(=O)OC(C)(C)C)cc1. The molecule has 0 bridgehead atoms. The molecule has 0 radical (unpaired) electrons. The molecule has 5 nitrogen and oxygen atoms in total. The van der Waals surface area contributed by atoms with Gasteiger partial charge in [-0.3, -0.25) is 8.98 Å². The normalized spacial score (nSPS) is 12.2. The predicted molar refractivity (Wildman–Crippen MR) is 84.0 cm³/mol. The van der Waals surface area contributed by atoms with Gasteiger partial charge in [-0.1, -0.05) is 17.7 Å². The Morgan fingerprint density at radius 2 is 1.68 bits per heavy atom. The fourth-order valence-electron chi connectivity index (χ4n) is 1.71. The molecule has 0 saturated carbocycles. The Balaban J connectivity index is 2.32. The molecular weight excluding hydrogens is 304 g/mol. The molecule has 0 heterocycles. The van der Waals surface area contributed by atoms with Crippen molar-refractivity contribution in [3.8, 4) is 0 Å². The fourth-order valence-corrected chi connectivity index (χ4v) is 2.65. The molecule has 1 aromatic carbocycles. The minimum absolute atomic E-state index is 0.0546. The van der Waals surface area contributed by atoms with Gasteiger partial charge < -0.3 is 4.74 Å². The van der Waals surface area contributed by atoms with E-state index in [1.807, 2.05) is 27.7 Å². The maximum absolute atomic E-state index is 11.9. The van der Waals surface area contributed by atoms with Gasteiger partial charge in [-0.2, -0.15) is 8.42 Å². The zero-order valence-corrected chi connectivity index (χ0v) is 14.4. The van der Waals surface area contributed by atoms with E-state index in [1.165, 1.54) is 12.1 Å². The number of aryl methyl sites for hydroxylation is 1. The van der Waals surface area contributed by atoms with E-state index < -0.39 is 15.7 Å². The van der Waals surface area contributed by atoms with Crippen LogP contribution in [-0.2, 0) is 23.8 Å². The summed E-state index contributed by atoms with van der Waals surface area (Å²) in [6, 6.07) is 6.48. The number of carbonyl (C=O) groups excluding carboxylic acids is 1. The molecule has 124 valence electrons. The lowest BCUT2D eigenvalue weighted by Gasteiger charge is -2.19. The maximum Gasteiger partial charge on any atom is 0.306 e. The molecule has 0 fully saturated rings. The Hall–Kier alpha value is -1.40. The second kappa shape index (κ2) is 7.74. The first-order valence-electron chi connectivity index (χ1n) is 7.28. The molecule has 0 unspecified atom stereocenters. The predicted octanol–water partition coefficient (Wildman–Crippen LogP) is 3.21. The lowest BCUT2D eigenvalue weighted by molar-refractivity contribution is -0.154. The quantitative estimate of drug-likeness (QED) is 0.437. The highest BCUT2D eigenvalue weighted by molar-refractivity contribution is 7.86. The molecule has 6 heteroatoms. The number of hydrogen-bond acceptors (Lipinski definition) is 5. The monoisotopic (exact) mass is 328 g/mol. The van der Waals surface area contributed by atoms with Crippen LogP contribution in [0, 0.1) is 6.92 Å². The van der Waals surface area contributed by atoms with E-state index in [1.54, 1.807) is 12.1 Å². The van der Waals surface area contributed by atoms with Crippen molar-refractivity contribution in [2.45, 2.75) is 57.5 Å². The average molecular weight is 328 g/mol. The fraction of sp³-hybridized carbons (Fsp3) is 0.562. The average Bonchev–Trinajstić information content (AvgIpc) is 2.36. The van der Waals surface area contributed by atoms with Crippen LogP contribution >= 0.6 is 0 Å². The van der Waals surface area contributed by atoms with Crippen molar-refractivity contribution in [3.63, 3.8) is 0 Å². The minimum atomic E-state index is -3.72. The van der Waals surface area contributed by atoms with Gasteiger partial charge in [0.05, 0.1) is 11.5 Å². The third-order valence-corrected chi connectivity index (χ3v) is 4.07.